The highest BCUT2D eigenvalue weighted by molar-refractivity contribution is 7.99. The normalized spacial score (nSPS) is 19.4. The Bertz CT molecular complexity index is 1140. The fraction of sp³-hybridized carbons (Fsp3) is 0.385. The lowest BCUT2D eigenvalue weighted by atomic mass is 10.0. The lowest BCUT2D eigenvalue weighted by molar-refractivity contribution is -0.245. The first-order valence-electron chi connectivity index (χ1n) is 12.1. The van der Waals surface area contributed by atoms with Gasteiger partial charge in [0.2, 0.25) is 5.91 Å². The van der Waals surface area contributed by atoms with Crippen LogP contribution in [0, 0.1) is 0 Å². The SMILES string of the molecule is O=C(O)CCCC(=O)NCc1ccc([C@H]2O[C@@H](CSc3ncn[nH]3)C[C@@H](c3ccc(CO)cc3)O2)cc1. The summed E-state index contributed by atoms with van der Waals surface area (Å²) >= 11 is 1.54. The van der Waals surface area contributed by atoms with Gasteiger partial charge in [-0.1, -0.05) is 60.3 Å². The highest BCUT2D eigenvalue weighted by atomic mass is 32.2. The Morgan fingerprint density at radius 3 is 2.43 bits per heavy atom. The second kappa shape index (κ2) is 13.3. The summed E-state index contributed by atoms with van der Waals surface area (Å²) in [6.45, 7) is 0.345. The molecular weight excluding hydrogens is 496 g/mol. The van der Waals surface area contributed by atoms with Crippen LogP contribution in [0.4, 0.5) is 0 Å². The Morgan fingerprint density at radius 2 is 1.76 bits per heavy atom. The zero-order valence-corrected chi connectivity index (χ0v) is 21.0. The molecule has 1 aliphatic heterocycles. The second-order valence-corrected chi connectivity index (χ2v) is 9.73. The third-order valence-corrected chi connectivity index (χ3v) is 6.96. The number of hydrogen-bond donors (Lipinski definition) is 4. The minimum atomic E-state index is -0.904. The van der Waals surface area contributed by atoms with Crippen LogP contribution >= 0.6 is 11.8 Å². The fourth-order valence-electron chi connectivity index (χ4n) is 3.94. The Balaban J connectivity index is 1.39. The molecule has 1 aromatic heterocycles. The molecule has 0 aliphatic carbocycles. The van der Waals surface area contributed by atoms with Crippen molar-refractivity contribution in [2.24, 2.45) is 0 Å². The van der Waals surface area contributed by atoms with Crippen LogP contribution < -0.4 is 5.32 Å². The molecule has 1 aliphatic rings. The average Bonchev–Trinajstić information content (AvgIpc) is 3.44. The number of nitrogens with zero attached hydrogens (tertiary/aromatic N) is 2. The summed E-state index contributed by atoms with van der Waals surface area (Å²) in [6.07, 6.45) is 1.77. The van der Waals surface area contributed by atoms with Crippen molar-refractivity contribution in [3.8, 4) is 0 Å². The number of aliphatic hydroxyl groups is 1. The Morgan fingerprint density at radius 1 is 1.03 bits per heavy atom. The van der Waals surface area contributed by atoms with Gasteiger partial charge in [-0.3, -0.25) is 14.7 Å². The summed E-state index contributed by atoms with van der Waals surface area (Å²) in [6, 6.07) is 15.4. The summed E-state index contributed by atoms with van der Waals surface area (Å²) in [5.41, 5.74) is 3.64. The maximum Gasteiger partial charge on any atom is 0.303 e. The van der Waals surface area contributed by atoms with Crippen molar-refractivity contribution in [2.75, 3.05) is 5.75 Å². The number of carboxylic acids is 1. The number of rotatable bonds is 12. The smallest absolute Gasteiger partial charge is 0.303 e. The summed E-state index contributed by atoms with van der Waals surface area (Å²) in [5.74, 6) is -0.406. The molecule has 4 rings (SSSR count). The number of carbonyl (C=O) groups is 2. The number of H-pyrrole nitrogens is 1. The van der Waals surface area contributed by atoms with Crippen LogP contribution in [0.5, 0.6) is 0 Å². The molecule has 0 bridgehead atoms. The molecule has 196 valence electrons. The van der Waals surface area contributed by atoms with Gasteiger partial charge in [0.05, 0.1) is 18.8 Å². The van der Waals surface area contributed by atoms with E-state index in [0.717, 1.165) is 27.4 Å². The van der Waals surface area contributed by atoms with Gasteiger partial charge in [-0.25, -0.2) is 4.98 Å². The quantitative estimate of drug-likeness (QED) is 0.260. The van der Waals surface area contributed by atoms with Crippen LogP contribution in [0.1, 0.15) is 60.3 Å². The highest BCUT2D eigenvalue weighted by Gasteiger charge is 2.32. The number of aliphatic hydroxyl groups excluding tert-OH is 1. The molecule has 1 amide bonds. The molecule has 0 radical (unpaired) electrons. The molecule has 37 heavy (non-hydrogen) atoms. The van der Waals surface area contributed by atoms with Gasteiger partial charge >= 0.3 is 5.97 Å². The van der Waals surface area contributed by atoms with Gasteiger partial charge in [0, 0.05) is 37.1 Å². The Kier molecular flexibility index (Phi) is 9.66. The van der Waals surface area contributed by atoms with Crippen LogP contribution in [0.25, 0.3) is 0 Å². The minimum Gasteiger partial charge on any atom is -0.481 e. The van der Waals surface area contributed by atoms with E-state index in [4.69, 9.17) is 14.6 Å². The topological polar surface area (TPSA) is 147 Å². The number of amides is 1. The van der Waals surface area contributed by atoms with Crippen molar-refractivity contribution < 1.29 is 29.3 Å². The fourth-order valence-corrected chi connectivity index (χ4v) is 4.74. The molecule has 0 saturated carbocycles. The predicted molar refractivity (Wildman–Crippen MR) is 135 cm³/mol. The number of carboxylic acid groups (broad SMARTS) is 1. The predicted octanol–water partition coefficient (Wildman–Crippen LogP) is 3.51. The van der Waals surface area contributed by atoms with Crippen LogP contribution in [0.2, 0.25) is 0 Å². The second-order valence-electron chi connectivity index (χ2n) is 8.72. The van der Waals surface area contributed by atoms with Crippen LogP contribution in [-0.2, 0) is 32.2 Å². The van der Waals surface area contributed by atoms with Gasteiger partial charge in [-0.2, -0.15) is 5.10 Å². The number of nitrogens with one attached hydrogen (secondary N) is 2. The number of carbonyl (C=O) groups excluding carboxylic acids is 1. The molecule has 1 saturated heterocycles. The summed E-state index contributed by atoms with van der Waals surface area (Å²) in [4.78, 5) is 26.7. The number of ether oxygens (including phenoxy) is 2. The molecule has 2 heterocycles. The van der Waals surface area contributed by atoms with E-state index in [1.165, 1.54) is 18.1 Å². The van der Waals surface area contributed by atoms with Gasteiger partial charge in [-0.15, -0.1) is 0 Å². The maximum atomic E-state index is 11.9. The Labute approximate surface area is 218 Å². The first-order chi connectivity index (χ1) is 18.0. The van der Waals surface area contributed by atoms with Gasteiger partial charge in [0.1, 0.15) is 6.33 Å². The largest absolute Gasteiger partial charge is 0.481 e. The molecule has 0 spiro atoms. The summed E-state index contributed by atoms with van der Waals surface area (Å²) in [5, 5.41) is 28.3. The van der Waals surface area contributed by atoms with Crippen molar-refractivity contribution in [3.63, 3.8) is 0 Å². The standard InChI is InChI=1S/C26H30N4O6S/c31-14-18-6-8-19(9-7-18)22-12-21(15-37-26-28-16-29-30-26)35-25(36-22)20-10-4-17(5-11-20)13-27-23(32)2-1-3-24(33)34/h4-11,16,21-22,25,31H,1-3,12-15H2,(H,27,32)(H,33,34)(H,28,29,30)/t21-,22+,25+/m1/s1. The monoisotopic (exact) mass is 526 g/mol. The first-order valence-corrected chi connectivity index (χ1v) is 13.0. The minimum absolute atomic E-state index is 0.0108. The molecule has 11 heteroatoms. The number of benzene rings is 2. The molecule has 10 nitrogen and oxygen atoms in total. The number of aromatic amines is 1. The first kappa shape index (κ1) is 26.8. The molecule has 3 atom stereocenters. The van der Waals surface area contributed by atoms with Crippen LogP contribution in [-0.4, -0.2) is 49.1 Å². The number of aliphatic carboxylic acids is 1. The third-order valence-electron chi connectivity index (χ3n) is 5.95. The van der Waals surface area contributed by atoms with E-state index in [1.54, 1.807) is 0 Å². The van der Waals surface area contributed by atoms with Gasteiger partial charge < -0.3 is 25.0 Å². The lowest BCUT2D eigenvalue weighted by Crippen LogP contribution is -2.31. The van der Waals surface area contributed by atoms with Gasteiger partial charge in [0.25, 0.3) is 0 Å². The molecule has 4 N–H and O–H groups in total. The number of aromatic nitrogens is 3. The zero-order chi connectivity index (χ0) is 26.0. The zero-order valence-electron chi connectivity index (χ0n) is 20.2. The van der Waals surface area contributed by atoms with E-state index in [-0.39, 0.29) is 37.6 Å². The summed E-state index contributed by atoms with van der Waals surface area (Å²) < 4.78 is 12.7. The van der Waals surface area contributed by atoms with Crippen molar-refractivity contribution in [1.82, 2.24) is 20.5 Å². The van der Waals surface area contributed by atoms with Crippen molar-refractivity contribution in [2.45, 2.75) is 62.5 Å². The van der Waals surface area contributed by atoms with E-state index in [1.807, 2.05) is 48.5 Å². The van der Waals surface area contributed by atoms with E-state index in [9.17, 15) is 14.7 Å². The van der Waals surface area contributed by atoms with E-state index < -0.39 is 12.3 Å². The number of hydrogen-bond acceptors (Lipinski definition) is 8. The van der Waals surface area contributed by atoms with E-state index in [0.29, 0.717) is 25.1 Å². The lowest BCUT2D eigenvalue weighted by Gasteiger charge is -2.36. The maximum absolute atomic E-state index is 11.9. The average molecular weight is 527 g/mol. The van der Waals surface area contributed by atoms with Crippen molar-refractivity contribution in [3.05, 3.63) is 77.1 Å². The third kappa shape index (κ3) is 8.12. The summed E-state index contributed by atoms with van der Waals surface area (Å²) in [7, 11) is 0. The Hall–Kier alpha value is -3.25. The number of thioether (sulfide) groups is 1. The van der Waals surface area contributed by atoms with E-state index >= 15 is 0 Å². The molecule has 2 aromatic carbocycles. The molecule has 3 aromatic rings. The van der Waals surface area contributed by atoms with E-state index in [2.05, 4.69) is 20.5 Å². The molecule has 1 fully saturated rings. The van der Waals surface area contributed by atoms with Gasteiger partial charge in [0.15, 0.2) is 11.4 Å². The van der Waals surface area contributed by atoms with Crippen molar-refractivity contribution >= 4 is 23.6 Å². The molecule has 0 unspecified atom stereocenters. The van der Waals surface area contributed by atoms with Crippen LogP contribution in [0.15, 0.2) is 60.0 Å². The highest BCUT2D eigenvalue weighted by Crippen LogP contribution is 2.39. The van der Waals surface area contributed by atoms with Crippen LogP contribution in [0.3, 0.4) is 0 Å². The molecular formula is C26H30N4O6S. The van der Waals surface area contributed by atoms with Gasteiger partial charge in [-0.05, 0) is 23.1 Å². The van der Waals surface area contributed by atoms with Crippen molar-refractivity contribution in [1.29, 1.82) is 0 Å².